The zero-order chi connectivity index (χ0) is 8.97. The minimum Gasteiger partial charge on any atom is -0.478 e. The first-order valence-corrected chi connectivity index (χ1v) is 3.19. The van der Waals surface area contributed by atoms with E-state index in [1.165, 1.54) is 24.3 Å². The number of aliphatic carboxylic acids is 1. The van der Waals surface area contributed by atoms with E-state index in [0.717, 1.165) is 6.08 Å². The molecule has 0 radical (unpaired) electrons. The van der Waals surface area contributed by atoms with Gasteiger partial charge in [-0.15, -0.1) is 0 Å². The van der Waals surface area contributed by atoms with Crippen molar-refractivity contribution in [1.29, 1.82) is 0 Å². The third kappa shape index (κ3) is 2.42. The Morgan fingerprint density at radius 2 is 2.25 bits per heavy atom. The molecular formula is C8H6O4. The third-order valence-electron chi connectivity index (χ3n) is 1.10. The van der Waals surface area contributed by atoms with E-state index in [0.29, 0.717) is 0 Å². The molecule has 4 heteroatoms. The largest absolute Gasteiger partial charge is 0.478 e. The predicted molar refractivity (Wildman–Crippen MR) is 41.6 cm³/mol. The average Bonchev–Trinajstić information content (AvgIpc) is 2.01. The fourth-order valence-corrected chi connectivity index (χ4v) is 0.649. The first-order chi connectivity index (χ1) is 5.68. The van der Waals surface area contributed by atoms with Crippen LogP contribution in [0.2, 0.25) is 0 Å². The van der Waals surface area contributed by atoms with Gasteiger partial charge in [-0.1, -0.05) is 6.07 Å². The number of hydrogen-bond acceptors (Lipinski definition) is 3. The van der Waals surface area contributed by atoms with Crippen molar-refractivity contribution in [2.75, 3.05) is 0 Å². The van der Waals surface area contributed by atoms with Gasteiger partial charge in [-0.2, -0.15) is 0 Å². The van der Waals surface area contributed by atoms with Crippen LogP contribution >= 0.6 is 0 Å². The average molecular weight is 166 g/mol. The summed E-state index contributed by atoms with van der Waals surface area (Å²) in [5.41, 5.74) is -0.498. The Bertz CT molecular complexity index is 361. The van der Waals surface area contributed by atoms with E-state index >= 15 is 0 Å². The van der Waals surface area contributed by atoms with Crippen molar-refractivity contribution in [3.8, 4) is 0 Å². The van der Waals surface area contributed by atoms with Crippen molar-refractivity contribution in [3.05, 3.63) is 40.5 Å². The molecule has 1 aromatic heterocycles. The molecule has 0 spiro atoms. The van der Waals surface area contributed by atoms with Crippen LogP contribution in [0.4, 0.5) is 0 Å². The fourth-order valence-electron chi connectivity index (χ4n) is 0.649. The molecule has 0 aromatic carbocycles. The minimum atomic E-state index is -1.08. The molecular weight excluding hydrogens is 160 g/mol. The summed E-state index contributed by atoms with van der Waals surface area (Å²) < 4.78 is 4.62. The van der Waals surface area contributed by atoms with Gasteiger partial charge in [-0.25, -0.2) is 9.59 Å². The maximum Gasteiger partial charge on any atom is 0.336 e. The highest BCUT2D eigenvalue weighted by Crippen LogP contribution is 1.96. The van der Waals surface area contributed by atoms with E-state index in [-0.39, 0.29) is 5.76 Å². The summed E-state index contributed by atoms with van der Waals surface area (Å²) in [7, 11) is 0. The van der Waals surface area contributed by atoms with Crippen molar-refractivity contribution in [3.63, 3.8) is 0 Å². The second-order valence-electron chi connectivity index (χ2n) is 2.02. The van der Waals surface area contributed by atoms with E-state index in [1.54, 1.807) is 0 Å². The third-order valence-corrected chi connectivity index (χ3v) is 1.10. The lowest BCUT2D eigenvalue weighted by molar-refractivity contribution is -0.131. The second kappa shape index (κ2) is 3.52. The van der Waals surface area contributed by atoms with Gasteiger partial charge in [0.2, 0.25) is 0 Å². The predicted octanol–water partition coefficient (Wildman–Crippen LogP) is 0.738. The minimum absolute atomic E-state index is 0.227. The van der Waals surface area contributed by atoms with Gasteiger partial charge in [0.15, 0.2) is 0 Å². The normalized spacial score (nSPS) is 10.3. The summed E-state index contributed by atoms with van der Waals surface area (Å²) >= 11 is 0. The quantitative estimate of drug-likeness (QED) is 0.658. The molecule has 0 aliphatic carbocycles. The van der Waals surface area contributed by atoms with E-state index in [1.807, 2.05) is 0 Å². The van der Waals surface area contributed by atoms with E-state index in [9.17, 15) is 9.59 Å². The van der Waals surface area contributed by atoms with Gasteiger partial charge in [0.05, 0.1) is 0 Å². The van der Waals surface area contributed by atoms with Crippen LogP contribution in [-0.2, 0) is 4.79 Å². The Hall–Kier alpha value is -1.84. The lowest BCUT2D eigenvalue weighted by Gasteiger charge is -1.87. The maximum absolute atomic E-state index is 10.6. The van der Waals surface area contributed by atoms with Crippen molar-refractivity contribution in [2.45, 2.75) is 0 Å². The first kappa shape index (κ1) is 8.26. The highest BCUT2D eigenvalue weighted by atomic mass is 16.4. The van der Waals surface area contributed by atoms with E-state index in [4.69, 9.17) is 5.11 Å². The molecule has 1 rings (SSSR count). The number of carboxylic acid groups (broad SMARTS) is 1. The summed E-state index contributed by atoms with van der Waals surface area (Å²) in [5, 5.41) is 8.24. The van der Waals surface area contributed by atoms with Crippen LogP contribution in [0.25, 0.3) is 6.08 Å². The van der Waals surface area contributed by atoms with E-state index < -0.39 is 11.6 Å². The Morgan fingerprint density at radius 1 is 1.50 bits per heavy atom. The lowest BCUT2D eigenvalue weighted by Crippen LogP contribution is -1.95. The van der Waals surface area contributed by atoms with Crippen molar-refractivity contribution in [1.82, 2.24) is 0 Å². The van der Waals surface area contributed by atoms with Crippen molar-refractivity contribution >= 4 is 12.0 Å². The Morgan fingerprint density at radius 3 is 2.83 bits per heavy atom. The summed E-state index contributed by atoms with van der Waals surface area (Å²) in [6, 6.07) is 4.24. The number of hydrogen-bond donors (Lipinski definition) is 1. The Labute approximate surface area is 67.8 Å². The van der Waals surface area contributed by atoms with Gasteiger partial charge in [0.1, 0.15) is 5.76 Å². The molecule has 1 N–H and O–H groups in total. The molecule has 1 heterocycles. The molecule has 0 bridgehead atoms. The monoisotopic (exact) mass is 166 g/mol. The van der Waals surface area contributed by atoms with Crippen LogP contribution < -0.4 is 5.63 Å². The standard InChI is InChI=1S/C8H6O4/c9-7(10)5-4-6-2-1-3-8(11)12-6/h1-5H,(H,9,10)/b5-4+. The summed E-state index contributed by atoms with van der Waals surface area (Å²) in [5.74, 6) is -0.855. The highest BCUT2D eigenvalue weighted by molar-refractivity contribution is 5.84. The van der Waals surface area contributed by atoms with Gasteiger partial charge in [-0.05, 0) is 12.1 Å². The SMILES string of the molecule is O=C(O)/C=C/c1cccc(=O)o1. The second-order valence-corrected chi connectivity index (χ2v) is 2.02. The summed E-state index contributed by atoms with van der Waals surface area (Å²) in [6.45, 7) is 0. The van der Waals surface area contributed by atoms with Crippen LogP contribution in [-0.4, -0.2) is 11.1 Å². The summed E-state index contributed by atoms with van der Waals surface area (Å²) in [4.78, 5) is 20.6. The van der Waals surface area contributed by atoms with Gasteiger partial charge in [0, 0.05) is 12.1 Å². The molecule has 12 heavy (non-hydrogen) atoms. The zero-order valence-corrected chi connectivity index (χ0v) is 6.06. The Kier molecular flexibility index (Phi) is 2.42. The number of rotatable bonds is 2. The zero-order valence-electron chi connectivity index (χ0n) is 6.06. The topological polar surface area (TPSA) is 67.5 Å². The maximum atomic E-state index is 10.6. The van der Waals surface area contributed by atoms with Crippen LogP contribution in [0.3, 0.4) is 0 Å². The van der Waals surface area contributed by atoms with Crippen molar-refractivity contribution < 1.29 is 14.3 Å². The van der Waals surface area contributed by atoms with Crippen LogP contribution in [0.15, 0.2) is 33.5 Å². The van der Waals surface area contributed by atoms with Crippen LogP contribution in [0.5, 0.6) is 0 Å². The van der Waals surface area contributed by atoms with Gasteiger partial charge < -0.3 is 9.52 Å². The molecule has 0 aliphatic heterocycles. The molecule has 0 saturated heterocycles. The van der Waals surface area contributed by atoms with Crippen LogP contribution in [0, 0.1) is 0 Å². The molecule has 0 unspecified atom stereocenters. The number of carboxylic acids is 1. The van der Waals surface area contributed by atoms with Crippen molar-refractivity contribution in [2.24, 2.45) is 0 Å². The summed E-state index contributed by atoms with van der Waals surface area (Å²) in [6.07, 6.45) is 2.11. The fraction of sp³-hybridized carbons (Fsp3) is 0. The molecule has 62 valence electrons. The van der Waals surface area contributed by atoms with Crippen LogP contribution in [0.1, 0.15) is 5.76 Å². The molecule has 0 aliphatic rings. The van der Waals surface area contributed by atoms with Gasteiger partial charge >= 0.3 is 11.6 Å². The molecule has 0 atom stereocenters. The van der Waals surface area contributed by atoms with E-state index in [2.05, 4.69) is 4.42 Å². The molecule has 0 fully saturated rings. The smallest absolute Gasteiger partial charge is 0.336 e. The molecule has 1 aromatic rings. The molecule has 0 amide bonds. The lowest BCUT2D eigenvalue weighted by atomic mass is 10.3. The number of carbonyl (C=O) groups is 1. The highest BCUT2D eigenvalue weighted by Gasteiger charge is 1.91. The van der Waals surface area contributed by atoms with Gasteiger partial charge in [0.25, 0.3) is 0 Å². The molecule has 4 nitrogen and oxygen atoms in total. The Balaban J connectivity index is 2.90. The first-order valence-electron chi connectivity index (χ1n) is 3.19. The van der Waals surface area contributed by atoms with Gasteiger partial charge in [-0.3, -0.25) is 0 Å². The molecule has 0 saturated carbocycles.